The van der Waals surface area contributed by atoms with Crippen LogP contribution in [0.4, 0.5) is 19.0 Å². The van der Waals surface area contributed by atoms with Gasteiger partial charge in [-0.25, -0.2) is 18.2 Å². The highest BCUT2D eigenvalue weighted by Gasteiger charge is 2.27. The van der Waals surface area contributed by atoms with Gasteiger partial charge in [-0.1, -0.05) is 5.16 Å². The maximum atomic E-state index is 14.1. The first kappa shape index (κ1) is 22.4. The standard InChI is InChI=1S/C23H22F3N5O2/c1-11-16-7-14(24)3-4-15(16)22(27)13(9-29-2)6-18-21(17(31-33-18)8-20(25)26)12-5-19(32-11)23(28)30-10-12/h3-5,7,9-11,20,27,29H,6,8H2,1-2H3,(H2,28,30)/b13-9-,27-22?. The molecule has 0 fully saturated rings. The normalized spacial score (nSPS) is 17.1. The molecule has 0 radical (unpaired) electrons. The number of hydrogen-bond acceptors (Lipinski definition) is 7. The number of fused-ring (bicyclic) bond motifs is 5. The lowest BCUT2D eigenvalue weighted by Gasteiger charge is -2.22. The molecule has 1 aliphatic heterocycles. The predicted molar refractivity (Wildman–Crippen MR) is 117 cm³/mol. The van der Waals surface area contributed by atoms with Gasteiger partial charge in [0.25, 0.3) is 0 Å². The molecule has 4 rings (SSSR count). The van der Waals surface area contributed by atoms with Gasteiger partial charge in [0, 0.05) is 48.1 Å². The number of alkyl halides is 2. The fourth-order valence-corrected chi connectivity index (χ4v) is 3.87. The molecule has 4 N–H and O–H groups in total. The molecule has 0 spiro atoms. The summed E-state index contributed by atoms with van der Waals surface area (Å²) < 4.78 is 52.1. The largest absolute Gasteiger partial charge is 0.482 e. The number of aromatic nitrogens is 2. The molecule has 2 bridgehead atoms. The number of ether oxygens (including phenoxy) is 1. The monoisotopic (exact) mass is 457 g/mol. The van der Waals surface area contributed by atoms with E-state index in [0.717, 1.165) is 0 Å². The summed E-state index contributed by atoms with van der Waals surface area (Å²) >= 11 is 0. The molecule has 3 heterocycles. The summed E-state index contributed by atoms with van der Waals surface area (Å²) in [6.07, 6.45) is -0.807. The van der Waals surface area contributed by atoms with E-state index in [2.05, 4.69) is 15.5 Å². The molecule has 172 valence electrons. The molecule has 0 saturated heterocycles. The second kappa shape index (κ2) is 8.97. The molecule has 0 saturated carbocycles. The SMILES string of the molecule is CN/C=C1/Cc2onc(CC(F)F)c2-c2cnc(N)c(c2)OC(C)c2cc(F)ccc2C1=N. The smallest absolute Gasteiger partial charge is 0.244 e. The molecule has 1 unspecified atom stereocenters. The highest BCUT2D eigenvalue weighted by atomic mass is 19.3. The number of nitrogen functional groups attached to an aromatic ring is 1. The number of anilines is 1. The fourth-order valence-electron chi connectivity index (χ4n) is 3.87. The van der Waals surface area contributed by atoms with Crippen LogP contribution in [0.3, 0.4) is 0 Å². The highest BCUT2D eigenvalue weighted by Crippen LogP contribution is 2.37. The van der Waals surface area contributed by atoms with Crippen molar-refractivity contribution in [2.24, 2.45) is 0 Å². The van der Waals surface area contributed by atoms with E-state index >= 15 is 0 Å². The molecule has 0 amide bonds. The molecule has 10 heteroatoms. The quantitative estimate of drug-likeness (QED) is 0.537. The Bertz CT molecular complexity index is 1240. The highest BCUT2D eigenvalue weighted by molar-refractivity contribution is 6.11. The number of halogens is 3. The van der Waals surface area contributed by atoms with E-state index in [1.807, 2.05) is 0 Å². The minimum absolute atomic E-state index is 0.0699. The summed E-state index contributed by atoms with van der Waals surface area (Å²) in [5.41, 5.74) is 8.35. The number of nitrogens with one attached hydrogen (secondary N) is 2. The fraction of sp³-hybridized carbons (Fsp3) is 0.261. The van der Waals surface area contributed by atoms with E-state index in [4.69, 9.17) is 20.4 Å². The van der Waals surface area contributed by atoms with Gasteiger partial charge in [-0.3, -0.25) is 5.41 Å². The molecular formula is C23H22F3N5O2. The Balaban J connectivity index is 1.97. The summed E-state index contributed by atoms with van der Waals surface area (Å²) in [5, 5.41) is 15.6. The number of nitrogens with two attached hydrogens (primary N) is 1. The molecule has 7 nitrogen and oxygen atoms in total. The third-order valence-corrected chi connectivity index (χ3v) is 5.37. The van der Waals surface area contributed by atoms with Crippen molar-refractivity contribution in [1.29, 1.82) is 5.41 Å². The predicted octanol–water partition coefficient (Wildman–Crippen LogP) is 4.43. The van der Waals surface area contributed by atoms with E-state index in [0.29, 0.717) is 27.8 Å². The Morgan fingerprint density at radius 1 is 1.33 bits per heavy atom. The van der Waals surface area contributed by atoms with E-state index in [1.54, 1.807) is 26.2 Å². The summed E-state index contributed by atoms with van der Waals surface area (Å²) in [5.74, 6) is 0.0901. The van der Waals surface area contributed by atoms with Gasteiger partial charge in [0.05, 0.1) is 23.4 Å². The summed E-state index contributed by atoms with van der Waals surface area (Å²) in [6.45, 7) is 1.71. The van der Waals surface area contributed by atoms with Crippen LogP contribution >= 0.6 is 0 Å². The molecule has 1 aromatic carbocycles. The Hall–Kier alpha value is -3.82. The Labute approximate surface area is 188 Å². The van der Waals surface area contributed by atoms with E-state index in [9.17, 15) is 13.2 Å². The number of hydrogen-bond donors (Lipinski definition) is 3. The van der Waals surface area contributed by atoms with Crippen LogP contribution in [0.2, 0.25) is 0 Å². The van der Waals surface area contributed by atoms with Gasteiger partial charge in [0.1, 0.15) is 17.7 Å². The van der Waals surface area contributed by atoms with Gasteiger partial charge in [-0.15, -0.1) is 0 Å². The number of nitrogens with zero attached hydrogens (tertiary/aromatic N) is 2. The summed E-state index contributed by atoms with van der Waals surface area (Å²) in [7, 11) is 1.67. The van der Waals surface area contributed by atoms with Crippen molar-refractivity contribution in [2.45, 2.75) is 32.3 Å². The number of benzene rings is 1. The van der Waals surface area contributed by atoms with Crippen molar-refractivity contribution in [1.82, 2.24) is 15.5 Å². The van der Waals surface area contributed by atoms with Gasteiger partial charge in [-0.2, -0.15) is 0 Å². The number of rotatable bonds is 3. The van der Waals surface area contributed by atoms with Crippen molar-refractivity contribution in [3.05, 3.63) is 70.6 Å². The molecule has 1 aliphatic rings. The number of allylic oxidation sites excluding steroid dienone is 1. The van der Waals surface area contributed by atoms with Gasteiger partial charge in [0.15, 0.2) is 11.6 Å². The van der Waals surface area contributed by atoms with Crippen LogP contribution in [0.5, 0.6) is 5.75 Å². The Morgan fingerprint density at radius 3 is 2.85 bits per heavy atom. The lowest BCUT2D eigenvalue weighted by molar-refractivity contribution is 0.146. The van der Waals surface area contributed by atoms with Crippen LogP contribution in [0.1, 0.15) is 35.6 Å². The molecule has 3 aromatic rings. The second-order valence-electron chi connectivity index (χ2n) is 7.63. The third-order valence-electron chi connectivity index (χ3n) is 5.37. The first-order valence-corrected chi connectivity index (χ1v) is 10.2. The molecular weight excluding hydrogens is 435 g/mol. The minimum Gasteiger partial charge on any atom is -0.482 e. The minimum atomic E-state index is -2.63. The summed E-state index contributed by atoms with van der Waals surface area (Å²) in [4.78, 5) is 4.16. The van der Waals surface area contributed by atoms with Crippen molar-refractivity contribution >= 4 is 11.5 Å². The zero-order chi connectivity index (χ0) is 23.7. The second-order valence-corrected chi connectivity index (χ2v) is 7.63. The third kappa shape index (κ3) is 4.41. The Morgan fingerprint density at radius 2 is 2.12 bits per heavy atom. The van der Waals surface area contributed by atoms with Crippen LogP contribution in [-0.4, -0.2) is 29.3 Å². The zero-order valence-corrected chi connectivity index (χ0v) is 18.0. The first-order chi connectivity index (χ1) is 15.8. The van der Waals surface area contributed by atoms with E-state index < -0.39 is 24.8 Å². The molecule has 1 atom stereocenters. The van der Waals surface area contributed by atoms with Gasteiger partial charge in [-0.05, 0) is 31.2 Å². The lowest BCUT2D eigenvalue weighted by atomic mass is 9.91. The topological polar surface area (TPSA) is 110 Å². The van der Waals surface area contributed by atoms with Crippen molar-refractivity contribution in [3.8, 4) is 16.9 Å². The lowest BCUT2D eigenvalue weighted by Crippen LogP contribution is -2.16. The van der Waals surface area contributed by atoms with Crippen LogP contribution < -0.4 is 15.8 Å². The van der Waals surface area contributed by atoms with Crippen molar-refractivity contribution < 1.29 is 22.4 Å². The maximum absolute atomic E-state index is 14.1. The van der Waals surface area contributed by atoms with Gasteiger partial charge in [0.2, 0.25) is 6.43 Å². The summed E-state index contributed by atoms with van der Waals surface area (Å²) in [6, 6.07) is 5.66. The molecule has 0 aliphatic carbocycles. The van der Waals surface area contributed by atoms with Crippen LogP contribution in [0.15, 0.2) is 46.8 Å². The van der Waals surface area contributed by atoms with E-state index in [-0.39, 0.29) is 35.2 Å². The van der Waals surface area contributed by atoms with Gasteiger partial charge < -0.3 is 20.3 Å². The average Bonchev–Trinajstić information content (AvgIpc) is 3.15. The molecule has 33 heavy (non-hydrogen) atoms. The maximum Gasteiger partial charge on any atom is 0.244 e. The first-order valence-electron chi connectivity index (χ1n) is 10.2. The zero-order valence-electron chi connectivity index (χ0n) is 18.0. The average molecular weight is 457 g/mol. The molecule has 2 aromatic heterocycles. The van der Waals surface area contributed by atoms with E-state index in [1.165, 1.54) is 24.4 Å². The van der Waals surface area contributed by atoms with Gasteiger partial charge >= 0.3 is 0 Å². The van der Waals surface area contributed by atoms with Crippen LogP contribution in [0.25, 0.3) is 11.1 Å². The Kier molecular flexibility index (Phi) is 6.08. The van der Waals surface area contributed by atoms with Crippen molar-refractivity contribution in [2.75, 3.05) is 12.8 Å². The number of pyridine rings is 1. The van der Waals surface area contributed by atoms with Crippen LogP contribution in [-0.2, 0) is 12.8 Å². The van der Waals surface area contributed by atoms with Crippen molar-refractivity contribution in [3.63, 3.8) is 0 Å². The van der Waals surface area contributed by atoms with Crippen LogP contribution in [0, 0.1) is 11.2 Å².